The lowest BCUT2D eigenvalue weighted by Gasteiger charge is -2.24. The predicted molar refractivity (Wildman–Crippen MR) is 95.3 cm³/mol. The molecule has 1 saturated heterocycles. The summed E-state index contributed by atoms with van der Waals surface area (Å²) in [4.78, 5) is 27.8. The molecule has 1 aliphatic heterocycles. The molecule has 0 bridgehead atoms. The van der Waals surface area contributed by atoms with Gasteiger partial charge in [-0.1, -0.05) is 12.1 Å². The fraction of sp³-hybridized carbons (Fsp3) is 0.316. The Labute approximate surface area is 155 Å². The molecule has 0 unspecified atom stereocenters. The summed E-state index contributed by atoms with van der Waals surface area (Å²) in [7, 11) is 1.36. The zero-order valence-corrected chi connectivity index (χ0v) is 14.8. The van der Waals surface area contributed by atoms with Gasteiger partial charge in [-0.15, -0.1) is 0 Å². The number of nitrogens with zero attached hydrogens (tertiary/aromatic N) is 1. The molecule has 2 aromatic rings. The molecule has 2 heterocycles. The average Bonchev–Trinajstić information content (AvgIpc) is 2.69. The number of nitrogens with two attached hydrogens (primary N) is 1. The van der Waals surface area contributed by atoms with Gasteiger partial charge < -0.3 is 20.5 Å². The topological polar surface area (TPSA) is 104 Å². The van der Waals surface area contributed by atoms with E-state index < -0.39 is 11.7 Å². The second kappa shape index (κ2) is 8.24. The van der Waals surface area contributed by atoms with Crippen molar-refractivity contribution in [2.24, 2.45) is 5.73 Å². The van der Waals surface area contributed by atoms with Crippen LogP contribution in [0.2, 0.25) is 0 Å². The number of ketones is 1. The second-order valence-corrected chi connectivity index (χ2v) is 6.16. The van der Waals surface area contributed by atoms with E-state index in [9.17, 15) is 14.0 Å². The molecular weight excluding hydrogens is 353 g/mol. The van der Waals surface area contributed by atoms with Crippen LogP contribution in [0.15, 0.2) is 30.3 Å². The smallest absolute Gasteiger partial charge is 0.267 e. The van der Waals surface area contributed by atoms with Crippen molar-refractivity contribution in [1.82, 2.24) is 10.3 Å². The largest absolute Gasteiger partial charge is 0.481 e. The highest BCUT2D eigenvalue weighted by atomic mass is 19.1. The van der Waals surface area contributed by atoms with Crippen LogP contribution in [0.4, 0.5) is 4.39 Å². The molecule has 0 saturated carbocycles. The summed E-state index contributed by atoms with van der Waals surface area (Å²) in [6.07, 6.45) is -0.373. The number of amides is 1. The lowest BCUT2D eigenvalue weighted by Crippen LogP contribution is -2.33. The van der Waals surface area contributed by atoms with Crippen LogP contribution in [0.1, 0.15) is 38.1 Å². The number of halogens is 1. The highest BCUT2D eigenvalue weighted by Gasteiger charge is 2.19. The third-order valence-corrected chi connectivity index (χ3v) is 4.31. The first kappa shape index (κ1) is 18.9. The Morgan fingerprint density at radius 1 is 1.37 bits per heavy atom. The van der Waals surface area contributed by atoms with E-state index >= 15 is 0 Å². The van der Waals surface area contributed by atoms with Gasteiger partial charge in [0.2, 0.25) is 5.88 Å². The van der Waals surface area contributed by atoms with E-state index in [4.69, 9.17) is 15.2 Å². The fourth-order valence-corrected chi connectivity index (χ4v) is 2.86. The van der Waals surface area contributed by atoms with Crippen LogP contribution in [-0.2, 0) is 11.2 Å². The summed E-state index contributed by atoms with van der Waals surface area (Å²) >= 11 is 0. The number of morpholine rings is 1. The maximum absolute atomic E-state index is 14.5. The van der Waals surface area contributed by atoms with Gasteiger partial charge in [0.25, 0.3) is 5.91 Å². The summed E-state index contributed by atoms with van der Waals surface area (Å²) in [5, 5.41) is 3.19. The van der Waals surface area contributed by atoms with Gasteiger partial charge >= 0.3 is 0 Å². The van der Waals surface area contributed by atoms with Crippen LogP contribution in [-0.4, -0.2) is 43.5 Å². The number of carbonyl (C=O) groups is 2. The predicted octanol–water partition coefficient (Wildman–Crippen LogP) is 1.41. The molecule has 0 aliphatic carbocycles. The van der Waals surface area contributed by atoms with E-state index in [1.54, 1.807) is 12.1 Å². The molecule has 1 fully saturated rings. The number of hydrogen-bond acceptors (Lipinski definition) is 6. The minimum atomic E-state index is -0.778. The van der Waals surface area contributed by atoms with Crippen LogP contribution in [0.3, 0.4) is 0 Å². The summed E-state index contributed by atoms with van der Waals surface area (Å²) in [5.41, 5.74) is 6.29. The maximum atomic E-state index is 14.5. The molecule has 0 radical (unpaired) electrons. The Hall–Kier alpha value is -2.84. The molecule has 142 valence electrons. The van der Waals surface area contributed by atoms with E-state index in [1.807, 2.05) is 0 Å². The normalized spacial score (nSPS) is 16.7. The fourth-order valence-electron chi connectivity index (χ4n) is 2.86. The van der Waals surface area contributed by atoms with Gasteiger partial charge in [-0.05, 0) is 23.3 Å². The van der Waals surface area contributed by atoms with E-state index in [2.05, 4.69) is 10.3 Å². The summed E-state index contributed by atoms with van der Waals surface area (Å²) in [6, 6.07) is 7.39. The van der Waals surface area contributed by atoms with Crippen molar-refractivity contribution in [3.63, 3.8) is 0 Å². The summed E-state index contributed by atoms with van der Waals surface area (Å²) < 4.78 is 25.1. The lowest BCUT2D eigenvalue weighted by molar-refractivity contribution is 0.0275. The highest BCUT2D eigenvalue weighted by molar-refractivity contribution is 6.00. The number of Topliss-reactive ketones (excluding diaryl/α,β-unsaturated/α-hetero) is 1. The Morgan fingerprint density at radius 2 is 2.19 bits per heavy atom. The van der Waals surface area contributed by atoms with E-state index in [-0.39, 0.29) is 41.0 Å². The second-order valence-electron chi connectivity index (χ2n) is 6.16. The standard InChI is InChI=1S/C19H20FN3O4/c1-26-18-9-13(7-15(23-18)19(21)25)16(24)8-11-2-3-12(6-14(11)20)17-10-22-4-5-27-17/h2-3,6-7,9,17,22H,4-5,8,10H2,1H3,(H2,21,25)/t17-/m1/s1. The summed E-state index contributed by atoms with van der Waals surface area (Å²) in [5.74, 6) is -1.54. The third kappa shape index (κ3) is 4.47. The van der Waals surface area contributed by atoms with Gasteiger partial charge in [0.1, 0.15) is 11.5 Å². The first-order valence-corrected chi connectivity index (χ1v) is 8.47. The molecule has 1 atom stereocenters. The van der Waals surface area contributed by atoms with E-state index in [0.717, 1.165) is 12.1 Å². The number of benzene rings is 1. The zero-order chi connectivity index (χ0) is 19.4. The lowest BCUT2D eigenvalue weighted by atomic mass is 9.99. The quantitative estimate of drug-likeness (QED) is 0.742. The molecule has 1 aliphatic rings. The van der Waals surface area contributed by atoms with Crippen LogP contribution >= 0.6 is 0 Å². The van der Waals surface area contributed by atoms with Crippen molar-refractivity contribution in [3.8, 4) is 5.88 Å². The summed E-state index contributed by atoms with van der Waals surface area (Å²) in [6.45, 7) is 1.96. The van der Waals surface area contributed by atoms with Gasteiger partial charge in [-0.3, -0.25) is 9.59 Å². The molecule has 27 heavy (non-hydrogen) atoms. The molecule has 1 aromatic heterocycles. The number of methoxy groups -OCH3 is 1. The Kier molecular flexibility index (Phi) is 5.78. The van der Waals surface area contributed by atoms with Gasteiger partial charge in [-0.25, -0.2) is 9.37 Å². The molecule has 3 N–H and O–H groups in total. The molecule has 1 amide bonds. The Morgan fingerprint density at radius 3 is 2.81 bits per heavy atom. The zero-order valence-electron chi connectivity index (χ0n) is 14.8. The van der Waals surface area contributed by atoms with Gasteiger partial charge in [0.15, 0.2) is 5.78 Å². The number of rotatable bonds is 6. The Balaban J connectivity index is 1.79. The van der Waals surface area contributed by atoms with Crippen molar-refractivity contribution in [1.29, 1.82) is 0 Å². The molecule has 1 aromatic carbocycles. The van der Waals surface area contributed by atoms with E-state index in [0.29, 0.717) is 13.2 Å². The van der Waals surface area contributed by atoms with E-state index in [1.165, 1.54) is 25.3 Å². The van der Waals surface area contributed by atoms with Crippen LogP contribution in [0.25, 0.3) is 0 Å². The molecule has 8 heteroatoms. The van der Waals surface area contributed by atoms with Crippen LogP contribution in [0, 0.1) is 5.82 Å². The third-order valence-electron chi connectivity index (χ3n) is 4.31. The van der Waals surface area contributed by atoms with Crippen LogP contribution in [0.5, 0.6) is 5.88 Å². The van der Waals surface area contributed by atoms with Crippen molar-refractivity contribution in [2.45, 2.75) is 12.5 Å². The maximum Gasteiger partial charge on any atom is 0.267 e. The van der Waals surface area contributed by atoms with Crippen molar-refractivity contribution < 1.29 is 23.5 Å². The number of primary amides is 1. The van der Waals surface area contributed by atoms with Gasteiger partial charge in [-0.2, -0.15) is 0 Å². The first-order valence-electron chi connectivity index (χ1n) is 8.47. The first-order chi connectivity index (χ1) is 13.0. The number of nitrogens with one attached hydrogen (secondary N) is 1. The number of ether oxygens (including phenoxy) is 2. The Bertz CT molecular complexity index is 866. The molecule has 7 nitrogen and oxygen atoms in total. The monoisotopic (exact) mass is 373 g/mol. The average molecular weight is 373 g/mol. The van der Waals surface area contributed by atoms with Gasteiger partial charge in [0.05, 0.1) is 19.8 Å². The molecule has 0 spiro atoms. The minimum absolute atomic E-state index is 0.0875. The SMILES string of the molecule is COc1cc(C(=O)Cc2ccc([C@H]3CNCCO3)cc2F)cc(C(N)=O)n1. The van der Waals surface area contributed by atoms with Gasteiger partial charge in [0, 0.05) is 31.1 Å². The van der Waals surface area contributed by atoms with Crippen molar-refractivity contribution in [2.75, 3.05) is 26.8 Å². The minimum Gasteiger partial charge on any atom is -0.481 e. The van der Waals surface area contributed by atoms with Crippen molar-refractivity contribution in [3.05, 3.63) is 58.5 Å². The highest BCUT2D eigenvalue weighted by Crippen LogP contribution is 2.22. The molecular formula is C19H20FN3O4. The number of hydrogen-bond donors (Lipinski definition) is 2. The number of aromatic nitrogens is 1. The molecule has 3 rings (SSSR count). The number of pyridine rings is 1. The van der Waals surface area contributed by atoms with Crippen molar-refractivity contribution >= 4 is 11.7 Å². The van der Waals surface area contributed by atoms with Crippen LogP contribution < -0.4 is 15.8 Å². The number of carbonyl (C=O) groups excluding carboxylic acids is 2.